The molecule has 1 aromatic heterocycles. The molecule has 0 aliphatic carbocycles. The Morgan fingerprint density at radius 2 is 1.85 bits per heavy atom. The third-order valence-electron chi connectivity index (χ3n) is 3.83. The lowest BCUT2D eigenvalue weighted by molar-refractivity contribution is 0.0434. The van der Waals surface area contributed by atoms with Crippen molar-refractivity contribution >= 4 is 27.4 Å². The summed E-state index contributed by atoms with van der Waals surface area (Å²) in [4.78, 5) is 16.4. The lowest BCUT2D eigenvalue weighted by Gasteiger charge is -2.08. The van der Waals surface area contributed by atoms with Crippen LogP contribution in [0.3, 0.4) is 0 Å². The van der Waals surface area contributed by atoms with Gasteiger partial charge in [0.2, 0.25) is 5.89 Å². The largest absolute Gasteiger partial charge is 0.452 e. The van der Waals surface area contributed by atoms with Gasteiger partial charge in [0, 0.05) is 10.6 Å². The molecular formula is C19H16ClNO5S. The fraction of sp³-hybridized carbons (Fsp3) is 0.158. The van der Waals surface area contributed by atoms with E-state index in [-0.39, 0.29) is 28.7 Å². The smallest absolute Gasteiger partial charge is 0.339 e. The molecule has 2 aromatic carbocycles. The minimum atomic E-state index is -3.54. The summed E-state index contributed by atoms with van der Waals surface area (Å²) in [6.07, 6.45) is 1.52. The van der Waals surface area contributed by atoms with Crippen LogP contribution >= 0.6 is 11.6 Å². The molecule has 6 nitrogen and oxygen atoms in total. The van der Waals surface area contributed by atoms with E-state index in [9.17, 15) is 13.2 Å². The fourth-order valence-corrected chi connectivity index (χ4v) is 3.60. The monoisotopic (exact) mass is 405 g/mol. The van der Waals surface area contributed by atoms with Crippen molar-refractivity contribution in [1.29, 1.82) is 0 Å². The maximum Gasteiger partial charge on any atom is 0.339 e. The van der Waals surface area contributed by atoms with Crippen molar-refractivity contribution in [3.63, 3.8) is 0 Å². The van der Waals surface area contributed by atoms with Crippen LogP contribution in [0.2, 0.25) is 5.02 Å². The molecule has 0 saturated heterocycles. The van der Waals surface area contributed by atoms with Gasteiger partial charge < -0.3 is 9.15 Å². The molecule has 1 heterocycles. The number of benzene rings is 2. The normalized spacial score (nSPS) is 11.3. The third kappa shape index (κ3) is 4.37. The zero-order valence-electron chi connectivity index (χ0n) is 14.4. The third-order valence-corrected chi connectivity index (χ3v) is 5.87. The van der Waals surface area contributed by atoms with Gasteiger partial charge in [0.25, 0.3) is 0 Å². The van der Waals surface area contributed by atoms with Crippen molar-refractivity contribution < 1.29 is 22.4 Å². The lowest BCUT2D eigenvalue weighted by atomic mass is 10.2. The number of halogens is 1. The van der Waals surface area contributed by atoms with Crippen molar-refractivity contribution in [1.82, 2.24) is 4.98 Å². The van der Waals surface area contributed by atoms with Crippen LogP contribution in [0.1, 0.15) is 23.2 Å². The number of hydrogen-bond acceptors (Lipinski definition) is 6. The van der Waals surface area contributed by atoms with E-state index in [1.54, 1.807) is 36.4 Å². The number of ether oxygens (including phenoxy) is 1. The number of carbonyl (C=O) groups is 1. The van der Waals surface area contributed by atoms with E-state index in [2.05, 4.69) is 4.98 Å². The molecule has 0 radical (unpaired) electrons. The highest BCUT2D eigenvalue weighted by Crippen LogP contribution is 2.23. The Morgan fingerprint density at radius 1 is 1.15 bits per heavy atom. The Morgan fingerprint density at radius 3 is 2.56 bits per heavy atom. The van der Waals surface area contributed by atoms with Crippen LogP contribution in [0.15, 0.2) is 64.0 Å². The molecule has 3 rings (SSSR count). The maximum absolute atomic E-state index is 12.3. The molecule has 0 aliphatic rings. The van der Waals surface area contributed by atoms with Crippen molar-refractivity contribution in [3.05, 3.63) is 71.2 Å². The summed E-state index contributed by atoms with van der Waals surface area (Å²) in [7, 11) is -3.54. The van der Waals surface area contributed by atoms with Gasteiger partial charge >= 0.3 is 5.97 Å². The highest BCUT2D eigenvalue weighted by Gasteiger charge is 2.22. The average Bonchev–Trinajstić information content (AvgIpc) is 3.15. The molecule has 0 fully saturated rings. The van der Waals surface area contributed by atoms with Gasteiger partial charge in [-0.3, -0.25) is 0 Å². The van der Waals surface area contributed by atoms with Gasteiger partial charge in [0.05, 0.1) is 22.4 Å². The molecule has 0 saturated carbocycles. The van der Waals surface area contributed by atoms with Crippen molar-refractivity contribution in [2.45, 2.75) is 18.4 Å². The van der Waals surface area contributed by atoms with Crippen LogP contribution in [0, 0.1) is 0 Å². The first-order valence-corrected chi connectivity index (χ1v) is 10.1. The van der Waals surface area contributed by atoms with Crippen molar-refractivity contribution in [2.24, 2.45) is 0 Å². The zero-order chi connectivity index (χ0) is 19.4. The molecule has 0 bridgehead atoms. The van der Waals surface area contributed by atoms with Gasteiger partial charge in [-0.25, -0.2) is 18.2 Å². The number of sulfone groups is 1. The number of oxazole rings is 1. The van der Waals surface area contributed by atoms with Crippen LogP contribution in [0.5, 0.6) is 0 Å². The summed E-state index contributed by atoms with van der Waals surface area (Å²) in [5, 5.41) is 0.605. The second kappa shape index (κ2) is 7.94. The Balaban J connectivity index is 1.73. The summed E-state index contributed by atoms with van der Waals surface area (Å²) in [6, 6.07) is 13.0. The van der Waals surface area contributed by atoms with E-state index in [0.717, 1.165) is 5.56 Å². The van der Waals surface area contributed by atoms with Crippen molar-refractivity contribution in [2.75, 3.05) is 5.75 Å². The van der Waals surface area contributed by atoms with Gasteiger partial charge in [0.15, 0.2) is 22.2 Å². The standard InChI is InChI=1S/C19H16ClNO5S/c1-2-27(23,24)17-6-4-3-5-15(17)19(22)25-12-18-21-11-16(26-18)13-7-9-14(20)10-8-13/h3-11H,2,12H2,1H3. The molecule has 0 amide bonds. The SMILES string of the molecule is CCS(=O)(=O)c1ccccc1C(=O)OCc1ncc(-c2ccc(Cl)cc2)o1. The average molecular weight is 406 g/mol. The second-order valence-corrected chi connectivity index (χ2v) is 8.28. The topological polar surface area (TPSA) is 86.5 Å². The fourth-order valence-electron chi connectivity index (χ4n) is 2.39. The van der Waals surface area contributed by atoms with Crippen molar-refractivity contribution in [3.8, 4) is 11.3 Å². The van der Waals surface area contributed by atoms with E-state index in [4.69, 9.17) is 20.8 Å². The van der Waals surface area contributed by atoms with E-state index < -0.39 is 15.8 Å². The summed E-state index contributed by atoms with van der Waals surface area (Å²) >= 11 is 5.86. The maximum atomic E-state index is 12.3. The van der Waals surface area contributed by atoms with Gasteiger partial charge in [-0.15, -0.1) is 0 Å². The molecule has 0 aliphatic heterocycles. The van der Waals surface area contributed by atoms with Gasteiger partial charge in [-0.05, 0) is 36.4 Å². The van der Waals surface area contributed by atoms with Crippen LogP contribution < -0.4 is 0 Å². The number of hydrogen-bond donors (Lipinski definition) is 0. The highest BCUT2D eigenvalue weighted by molar-refractivity contribution is 7.91. The predicted molar refractivity (Wildman–Crippen MR) is 100 cm³/mol. The summed E-state index contributed by atoms with van der Waals surface area (Å²) in [5.41, 5.74) is 0.771. The van der Waals surface area contributed by atoms with Gasteiger partial charge in [-0.1, -0.05) is 30.7 Å². The molecule has 0 atom stereocenters. The molecule has 0 N–H and O–H groups in total. The van der Waals surface area contributed by atoms with Gasteiger partial charge in [-0.2, -0.15) is 0 Å². The Hall–Kier alpha value is -2.64. The minimum Gasteiger partial charge on any atom is -0.452 e. The first-order valence-electron chi connectivity index (χ1n) is 8.10. The molecule has 8 heteroatoms. The summed E-state index contributed by atoms with van der Waals surface area (Å²) in [6.45, 7) is 1.30. The first-order chi connectivity index (χ1) is 12.9. The van der Waals surface area contributed by atoms with E-state index in [1.807, 2.05) is 0 Å². The molecule has 3 aromatic rings. The van der Waals surface area contributed by atoms with E-state index in [1.165, 1.54) is 25.3 Å². The Labute approximate surface area is 161 Å². The second-order valence-electron chi connectivity index (χ2n) is 5.60. The van der Waals surface area contributed by atoms with E-state index >= 15 is 0 Å². The quantitative estimate of drug-likeness (QED) is 0.572. The zero-order valence-corrected chi connectivity index (χ0v) is 16.0. The predicted octanol–water partition coefficient (Wildman–Crippen LogP) is 4.15. The van der Waals surface area contributed by atoms with Crippen LogP contribution in [-0.2, 0) is 21.2 Å². The highest BCUT2D eigenvalue weighted by atomic mass is 35.5. The van der Waals surface area contributed by atoms with Crippen LogP contribution in [0.25, 0.3) is 11.3 Å². The van der Waals surface area contributed by atoms with E-state index in [0.29, 0.717) is 10.8 Å². The van der Waals surface area contributed by atoms with Gasteiger partial charge in [0.1, 0.15) is 0 Å². The first kappa shape index (κ1) is 19.1. The number of nitrogens with zero attached hydrogens (tertiary/aromatic N) is 1. The molecule has 0 unspecified atom stereocenters. The van der Waals surface area contributed by atoms with Crippen LogP contribution in [-0.4, -0.2) is 25.1 Å². The number of rotatable bonds is 6. The number of aromatic nitrogens is 1. The molecule has 27 heavy (non-hydrogen) atoms. The number of esters is 1. The molecule has 140 valence electrons. The Bertz CT molecular complexity index is 1060. The molecular weight excluding hydrogens is 390 g/mol. The number of carbonyl (C=O) groups excluding carboxylic acids is 1. The van der Waals surface area contributed by atoms with Crippen LogP contribution in [0.4, 0.5) is 0 Å². The molecule has 0 spiro atoms. The Kier molecular flexibility index (Phi) is 5.62. The lowest BCUT2D eigenvalue weighted by Crippen LogP contribution is -2.13. The summed E-state index contributed by atoms with van der Waals surface area (Å²) in [5.74, 6) is -0.161. The minimum absolute atomic E-state index is 0.0103. The summed E-state index contributed by atoms with van der Waals surface area (Å²) < 4.78 is 35.0.